The summed E-state index contributed by atoms with van der Waals surface area (Å²) in [7, 11) is 0. The van der Waals surface area contributed by atoms with Crippen molar-refractivity contribution in [3.05, 3.63) is 23.8 Å². The van der Waals surface area contributed by atoms with Gasteiger partial charge in [-0.3, -0.25) is 0 Å². The SMILES string of the molecule is CCCCOC(=O)[C@H](O)c1ccc(O)c(O)c1. The van der Waals surface area contributed by atoms with Crippen molar-refractivity contribution in [3.63, 3.8) is 0 Å². The van der Waals surface area contributed by atoms with E-state index in [1.807, 2.05) is 6.92 Å². The fourth-order valence-electron chi connectivity index (χ4n) is 1.24. The van der Waals surface area contributed by atoms with E-state index in [0.29, 0.717) is 0 Å². The molecule has 0 aliphatic carbocycles. The van der Waals surface area contributed by atoms with Gasteiger partial charge in [-0.05, 0) is 24.1 Å². The van der Waals surface area contributed by atoms with E-state index in [4.69, 9.17) is 9.84 Å². The van der Waals surface area contributed by atoms with Crippen LogP contribution in [0, 0.1) is 0 Å². The van der Waals surface area contributed by atoms with Crippen LogP contribution in [0.5, 0.6) is 11.5 Å². The number of aliphatic hydroxyl groups excluding tert-OH is 1. The van der Waals surface area contributed by atoms with Gasteiger partial charge in [-0.25, -0.2) is 4.79 Å². The van der Waals surface area contributed by atoms with Crippen LogP contribution >= 0.6 is 0 Å². The van der Waals surface area contributed by atoms with Gasteiger partial charge in [-0.15, -0.1) is 0 Å². The molecular formula is C12H16O5. The normalized spacial score (nSPS) is 12.1. The number of esters is 1. The molecule has 1 atom stereocenters. The molecule has 0 saturated heterocycles. The van der Waals surface area contributed by atoms with Crippen molar-refractivity contribution >= 4 is 5.97 Å². The van der Waals surface area contributed by atoms with Gasteiger partial charge in [-0.1, -0.05) is 19.4 Å². The number of aliphatic hydroxyl groups is 1. The van der Waals surface area contributed by atoms with Crippen molar-refractivity contribution in [1.29, 1.82) is 0 Å². The smallest absolute Gasteiger partial charge is 0.339 e. The molecule has 0 saturated carbocycles. The van der Waals surface area contributed by atoms with Crippen molar-refractivity contribution in [2.24, 2.45) is 0 Å². The lowest BCUT2D eigenvalue weighted by molar-refractivity contribution is -0.154. The second kappa shape index (κ2) is 6.10. The highest BCUT2D eigenvalue weighted by Gasteiger charge is 2.19. The number of ether oxygens (including phenoxy) is 1. The van der Waals surface area contributed by atoms with Gasteiger partial charge in [0.2, 0.25) is 0 Å². The minimum absolute atomic E-state index is 0.182. The lowest BCUT2D eigenvalue weighted by Gasteiger charge is -2.11. The third-order valence-electron chi connectivity index (χ3n) is 2.28. The van der Waals surface area contributed by atoms with Crippen molar-refractivity contribution in [2.75, 3.05) is 6.61 Å². The van der Waals surface area contributed by atoms with Gasteiger partial charge in [0.1, 0.15) is 0 Å². The molecule has 17 heavy (non-hydrogen) atoms. The molecule has 0 unspecified atom stereocenters. The summed E-state index contributed by atoms with van der Waals surface area (Å²) in [4.78, 5) is 11.4. The molecule has 0 radical (unpaired) electrons. The average molecular weight is 240 g/mol. The molecule has 0 aliphatic rings. The molecule has 1 rings (SSSR count). The largest absolute Gasteiger partial charge is 0.504 e. The van der Waals surface area contributed by atoms with E-state index in [-0.39, 0.29) is 23.7 Å². The van der Waals surface area contributed by atoms with E-state index >= 15 is 0 Å². The highest BCUT2D eigenvalue weighted by atomic mass is 16.5. The Bertz CT molecular complexity index is 388. The van der Waals surface area contributed by atoms with Crippen LogP contribution in [-0.2, 0) is 9.53 Å². The summed E-state index contributed by atoms with van der Waals surface area (Å²) in [6.45, 7) is 2.22. The summed E-state index contributed by atoms with van der Waals surface area (Å²) in [5.41, 5.74) is 0.182. The number of hydrogen-bond donors (Lipinski definition) is 3. The first kappa shape index (κ1) is 13.3. The van der Waals surface area contributed by atoms with E-state index in [1.54, 1.807) is 0 Å². The van der Waals surface area contributed by atoms with E-state index < -0.39 is 12.1 Å². The predicted octanol–water partition coefficient (Wildman–Crippen LogP) is 1.47. The standard InChI is InChI=1S/C12H16O5/c1-2-3-6-17-12(16)11(15)8-4-5-9(13)10(14)7-8/h4-5,7,11,13-15H,2-3,6H2,1H3/t11-/m1/s1. The summed E-state index contributed by atoms with van der Waals surface area (Å²) >= 11 is 0. The van der Waals surface area contributed by atoms with Crippen LogP contribution in [0.15, 0.2) is 18.2 Å². The van der Waals surface area contributed by atoms with E-state index in [1.165, 1.54) is 12.1 Å². The Hall–Kier alpha value is -1.75. The zero-order valence-electron chi connectivity index (χ0n) is 9.59. The Morgan fingerprint density at radius 2 is 2.06 bits per heavy atom. The molecule has 0 aliphatic heterocycles. The fourth-order valence-corrected chi connectivity index (χ4v) is 1.24. The summed E-state index contributed by atoms with van der Waals surface area (Å²) in [6, 6.07) is 3.68. The Morgan fingerprint density at radius 3 is 2.65 bits per heavy atom. The topological polar surface area (TPSA) is 87.0 Å². The number of phenolic OH excluding ortho intramolecular Hbond substituents is 2. The number of carbonyl (C=O) groups is 1. The maximum atomic E-state index is 11.4. The molecular weight excluding hydrogens is 224 g/mol. The zero-order valence-corrected chi connectivity index (χ0v) is 9.59. The van der Waals surface area contributed by atoms with Crippen molar-refractivity contribution in [1.82, 2.24) is 0 Å². The van der Waals surface area contributed by atoms with Crippen LogP contribution in [0.3, 0.4) is 0 Å². The van der Waals surface area contributed by atoms with Gasteiger partial charge in [0, 0.05) is 0 Å². The lowest BCUT2D eigenvalue weighted by atomic mass is 10.1. The number of carbonyl (C=O) groups excluding carboxylic acids is 1. The molecule has 0 spiro atoms. The number of aromatic hydroxyl groups is 2. The molecule has 0 heterocycles. The number of hydrogen-bond acceptors (Lipinski definition) is 5. The van der Waals surface area contributed by atoms with Crippen molar-refractivity contribution in [3.8, 4) is 11.5 Å². The Labute approximate surface area is 99.3 Å². The Morgan fingerprint density at radius 1 is 1.35 bits per heavy atom. The summed E-state index contributed by atoms with van der Waals surface area (Å²) in [6.07, 6.45) is 0.182. The lowest BCUT2D eigenvalue weighted by Crippen LogP contribution is -2.16. The third-order valence-corrected chi connectivity index (χ3v) is 2.28. The minimum atomic E-state index is -1.45. The van der Waals surface area contributed by atoms with Crippen LogP contribution in [0.2, 0.25) is 0 Å². The van der Waals surface area contributed by atoms with E-state index in [2.05, 4.69) is 0 Å². The van der Waals surface area contributed by atoms with Gasteiger partial charge in [0.15, 0.2) is 17.6 Å². The first-order chi connectivity index (χ1) is 8.06. The number of phenols is 2. The molecule has 94 valence electrons. The molecule has 0 bridgehead atoms. The molecule has 5 nitrogen and oxygen atoms in total. The number of unbranched alkanes of at least 4 members (excludes halogenated alkanes) is 1. The zero-order chi connectivity index (χ0) is 12.8. The van der Waals surface area contributed by atoms with Gasteiger partial charge in [0.25, 0.3) is 0 Å². The fraction of sp³-hybridized carbons (Fsp3) is 0.417. The molecule has 1 aromatic rings. The Balaban J connectivity index is 2.65. The van der Waals surface area contributed by atoms with Crippen LogP contribution in [0.25, 0.3) is 0 Å². The van der Waals surface area contributed by atoms with E-state index in [9.17, 15) is 15.0 Å². The average Bonchev–Trinajstić information content (AvgIpc) is 2.32. The molecule has 3 N–H and O–H groups in total. The van der Waals surface area contributed by atoms with Crippen LogP contribution < -0.4 is 0 Å². The van der Waals surface area contributed by atoms with Gasteiger partial charge in [-0.2, -0.15) is 0 Å². The van der Waals surface area contributed by atoms with Gasteiger partial charge in [0.05, 0.1) is 6.61 Å². The number of rotatable bonds is 5. The third kappa shape index (κ3) is 3.64. The highest BCUT2D eigenvalue weighted by molar-refractivity contribution is 5.76. The molecule has 0 fully saturated rings. The molecule has 0 aromatic heterocycles. The monoisotopic (exact) mass is 240 g/mol. The van der Waals surface area contributed by atoms with Gasteiger partial charge < -0.3 is 20.1 Å². The first-order valence-electron chi connectivity index (χ1n) is 5.42. The second-order valence-corrected chi connectivity index (χ2v) is 3.67. The molecule has 1 aromatic carbocycles. The Kier molecular flexibility index (Phi) is 4.78. The molecule has 5 heteroatoms. The minimum Gasteiger partial charge on any atom is -0.504 e. The second-order valence-electron chi connectivity index (χ2n) is 3.67. The van der Waals surface area contributed by atoms with Crippen molar-refractivity contribution in [2.45, 2.75) is 25.9 Å². The van der Waals surface area contributed by atoms with Crippen LogP contribution in [0.1, 0.15) is 31.4 Å². The van der Waals surface area contributed by atoms with E-state index in [0.717, 1.165) is 18.9 Å². The summed E-state index contributed by atoms with van der Waals surface area (Å²) < 4.78 is 4.84. The van der Waals surface area contributed by atoms with Crippen LogP contribution in [-0.4, -0.2) is 27.9 Å². The first-order valence-corrected chi connectivity index (χ1v) is 5.42. The quantitative estimate of drug-likeness (QED) is 0.412. The maximum absolute atomic E-state index is 11.4. The summed E-state index contributed by atoms with van der Waals surface area (Å²) in [5, 5.41) is 28.0. The predicted molar refractivity (Wildman–Crippen MR) is 60.6 cm³/mol. The van der Waals surface area contributed by atoms with Crippen LogP contribution in [0.4, 0.5) is 0 Å². The van der Waals surface area contributed by atoms with Crippen molar-refractivity contribution < 1.29 is 24.9 Å². The maximum Gasteiger partial charge on any atom is 0.339 e. The molecule has 0 amide bonds. The number of benzene rings is 1. The van der Waals surface area contributed by atoms with Gasteiger partial charge >= 0.3 is 5.97 Å². The highest BCUT2D eigenvalue weighted by Crippen LogP contribution is 2.28. The summed E-state index contributed by atoms with van der Waals surface area (Å²) in [5.74, 6) is -1.45.